The average Bonchev–Trinajstić information content (AvgIpc) is 3.26. The lowest BCUT2D eigenvalue weighted by Crippen LogP contribution is -2.62. The van der Waals surface area contributed by atoms with Gasteiger partial charge in [0.05, 0.1) is 31.4 Å². The van der Waals surface area contributed by atoms with Crippen LogP contribution in [-0.4, -0.2) is 49.3 Å². The molecule has 0 N–H and O–H groups in total. The number of ether oxygens (including phenoxy) is 6. The van der Waals surface area contributed by atoms with Crippen LogP contribution in [0.4, 0.5) is 5.69 Å². The first-order valence-corrected chi connectivity index (χ1v) is 18.7. The molecule has 0 bridgehead atoms. The molecule has 0 amide bonds. The molecule has 5 atom stereocenters. The second kappa shape index (κ2) is 18.9. The van der Waals surface area contributed by atoms with Gasteiger partial charge in [0.2, 0.25) is 0 Å². The minimum atomic E-state index is -1.03. The lowest BCUT2D eigenvalue weighted by molar-refractivity contribution is -0.384. The van der Waals surface area contributed by atoms with Gasteiger partial charge in [0.25, 0.3) is 5.69 Å². The normalized spacial score (nSPS) is 19.7. The fourth-order valence-corrected chi connectivity index (χ4v) is 7.19. The van der Waals surface area contributed by atoms with Crippen LogP contribution in [0.1, 0.15) is 33.4 Å². The highest BCUT2D eigenvalue weighted by Crippen LogP contribution is 2.42. The van der Waals surface area contributed by atoms with Crippen LogP contribution < -0.4 is 0 Å². The third-order valence-corrected chi connectivity index (χ3v) is 9.99. The van der Waals surface area contributed by atoms with Gasteiger partial charge in [-0.15, -0.1) is 0 Å². The number of hydrogen-bond acceptors (Lipinski definition) is 8. The topological polar surface area (TPSA) is 98.5 Å². The van der Waals surface area contributed by atoms with Crippen LogP contribution in [0.2, 0.25) is 0 Å². The van der Waals surface area contributed by atoms with Crippen molar-refractivity contribution in [2.75, 3.05) is 13.7 Å². The average molecular weight is 752 g/mol. The van der Waals surface area contributed by atoms with Crippen molar-refractivity contribution in [2.45, 2.75) is 56.1 Å². The molecule has 9 nitrogen and oxygen atoms in total. The van der Waals surface area contributed by atoms with Crippen molar-refractivity contribution in [3.05, 3.63) is 219 Å². The van der Waals surface area contributed by atoms with E-state index in [2.05, 4.69) is 36.4 Å². The molecular weight excluding hydrogens is 707 g/mol. The van der Waals surface area contributed by atoms with E-state index in [1.165, 1.54) is 12.1 Å². The summed E-state index contributed by atoms with van der Waals surface area (Å²) in [7, 11) is 1.59. The zero-order valence-corrected chi connectivity index (χ0v) is 31.2. The maximum atomic E-state index is 11.4. The van der Waals surface area contributed by atoms with Crippen LogP contribution in [0.5, 0.6) is 0 Å². The first-order chi connectivity index (χ1) is 27.5. The van der Waals surface area contributed by atoms with Gasteiger partial charge in [0, 0.05) is 19.2 Å². The molecule has 1 aliphatic heterocycles. The molecule has 286 valence electrons. The second-order valence-corrected chi connectivity index (χ2v) is 13.6. The fourth-order valence-electron chi connectivity index (χ4n) is 7.19. The van der Waals surface area contributed by atoms with E-state index in [1.807, 2.05) is 115 Å². The number of methoxy groups -OCH3 is 1. The standard InChI is InChI=1S/C47H45NO8/c1-51-46-45(54-32-36-19-9-3-10-20-36)44(53-31-35-17-7-2-8-18-35)43(52-33-37-27-29-41(30-28-37)48(49)50)42(56-46)34-55-47(38-21-11-4-12-22-38,39-23-13-5-14-24-39)40-25-15-6-16-26-40/h2-30,42-46H,31-34H2,1H3/t42-,43-,44+,45-,46+/m1/s1. The van der Waals surface area contributed by atoms with Gasteiger partial charge in [-0.25, -0.2) is 0 Å². The summed E-state index contributed by atoms with van der Waals surface area (Å²) in [5, 5.41) is 11.4. The summed E-state index contributed by atoms with van der Waals surface area (Å²) in [6, 6.07) is 56.6. The van der Waals surface area contributed by atoms with Gasteiger partial charge in [-0.2, -0.15) is 0 Å². The summed E-state index contributed by atoms with van der Waals surface area (Å²) in [5.41, 5.74) is 4.52. The Bertz CT molecular complexity index is 1970. The summed E-state index contributed by atoms with van der Waals surface area (Å²) in [6.07, 6.45) is -3.69. The minimum absolute atomic E-state index is 0.00138. The summed E-state index contributed by atoms with van der Waals surface area (Å²) >= 11 is 0. The first kappa shape index (κ1) is 38.7. The first-order valence-electron chi connectivity index (χ1n) is 18.7. The van der Waals surface area contributed by atoms with Crippen molar-refractivity contribution in [1.29, 1.82) is 0 Å². The number of nitrogens with zero attached hydrogens (tertiary/aromatic N) is 1. The van der Waals surface area contributed by atoms with Crippen LogP contribution in [0.15, 0.2) is 176 Å². The molecule has 1 saturated heterocycles. The Labute approximate surface area is 327 Å². The number of nitro groups is 1. The van der Waals surface area contributed by atoms with E-state index in [0.29, 0.717) is 0 Å². The monoisotopic (exact) mass is 751 g/mol. The predicted molar refractivity (Wildman–Crippen MR) is 213 cm³/mol. The fraction of sp³-hybridized carbons (Fsp3) is 0.234. The molecule has 1 aliphatic rings. The van der Waals surface area contributed by atoms with E-state index in [-0.39, 0.29) is 32.1 Å². The molecule has 1 fully saturated rings. The van der Waals surface area contributed by atoms with Crippen molar-refractivity contribution in [1.82, 2.24) is 0 Å². The number of hydrogen-bond donors (Lipinski definition) is 0. The van der Waals surface area contributed by atoms with Crippen LogP contribution >= 0.6 is 0 Å². The second-order valence-electron chi connectivity index (χ2n) is 13.6. The van der Waals surface area contributed by atoms with Crippen LogP contribution in [-0.2, 0) is 53.8 Å². The highest BCUT2D eigenvalue weighted by atomic mass is 16.7. The van der Waals surface area contributed by atoms with E-state index in [4.69, 9.17) is 28.4 Å². The molecule has 0 unspecified atom stereocenters. The van der Waals surface area contributed by atoms with Crippen molar-refractivity contribution in [3.8, 4) is 0 Å². The smallest absolute Gasteiger partial charge is 0.269 e. The molecule has 7 rings (SSSR count). The Balaban J connectivity index is 1.28. The molecule has 0 aliphatic carbocycles. The summed E-state index contributed by atoms with van der Waals surface area (Å²) < 4.78 is 40.4. The largest absolute Gasteiger partial charge is 0.368 e. The predicted octanol–water partition coefficient (Wildman–Crippen LogP) is 9.03. The number of benzene rings is 6. The molecular formula is C47H45NO8. The Morgan fingerprint density at radius 3 is 1.36 bits per heavy atom. The van der Waals surface area contributed by atoms with E-state index < -0.39 is 41.2 Å². The van der Waals surface area contributed by atoms with Gasteiger partial charge in [-0.1, -0.05) is 152 Å². The van der Waals surface area contributed by atoms with Gasteiger partial charge >= 0.3 is 0 Å². The van der Waals surface area contributed by atoms with Gasteiger partial charge < -0.3 is 28.4 Å². The van der Waals surface area contributed by atoms with Crippen molar-refractivity contribution in [3.63, 3.8) is 0 Å². The molecule has 9 heteroatoms. The highest BCUT2D eigenvalue weighted by molar-refractivity contribution is 5.47. The Kier molecular flexibility index (Phi) is 13.1. The van der Waals surface area contributed by atoms with E-state index in [9.17, 15) is 10.1 Å². The Hall–Kier alpha value is -5.52. The lowest BCUT2D eigenvalue weighted by atomic mass is 9.80. The highest BCUT2D eigenvalue weighted by Gasteiger charge is 2.50. The van der Waals surface area contributed by atoms with Crippen LogP contribution in [0, 0.1) is 10.1 Å². The third-order valence-electron chi connectivity index (χ3n) is 9.99. The van der Waals surface area contributed by atoms with Crippen molar-refractivity contribution < 1.29 is 33.3 Å². The molecule has 6 aromatic carbocycles. The minimum Gasteiger partial charge on any atom is -0.368 e. The van der Waals surface area contributed by atoms with Gasteiger partial charge in [-0.3, -0.25) is 10.1 Å². The van der Waals surface area contributed by atoms with Gasteiger partial charge in [0.15, 0.2) is 6.29 Å². The number of nitro benzene ring substituents is 1. The molecule has 0 saturated carbocycles. The molecule has 1 heterocycles. The summed E-state index contributed by atoms with van der Waals surface area (Å²) in [5.74, 6) is 0. The Morgan fingerprint density at radius 1 is 0.536 bits per heavy atom. The number of non-ortho nitro benzene ring substituents is 1. The SMILES string of the molecule is CO[C@H]1O[C@H](COC(c2ccccc2)(c2ccccc2)c2ccccc2)[C@@H](OCc2ccc([N+](=O)[O-])cc2)[C@H](OCc2ccccc2)[C@H]1OCc1ccccc1. The summed E-state index contributed by atoms with van der Waals surface area (Å²) in [4.78, 5) is 11.0. The van der Waals surface area contributed by atoms with Gasteiger partial charge in [-0.05, 0) is 45.5 Å². The molecule has 56 heavy (non-hydrogen) atoms. The summed E-state index contributed by atoms with van der Waals surface area (Å²) in [6.45, 7) is 0.757. The van der Waals surface area contributed by atoms with E-state index in [1.54, 1.807) is 19.2 Å². The zero-order valence-electron chi connectivity index (χ0n) is 31.2. The zero-order chi connectivity index (χ0) is 38.6. The molecule has 0 radical (unpaired) electrons. The molecule has 0 aromatic heterocycles. The van der Waals surface area contributed by atoms with Crippen LogP contribution in [0.25, 0.3) is 0 Å². The van der Waals surface area contributed by atoms with E-state index in [0.717, 1.165) is 33.4 Å². The van der Waals surface area contributed by atoms with E-state index >= 15 is 0 Å². The quantitative estimate of drug-likeness (QED) is 0.0518. The molecule has 6 aromatic rings. The van der Waals surface area contributed by atoms with Gasteiger partial charge in [0.1, 0.15) is 30.0 Å². The van der Waals surface area contributed by atoms with Crippen molar-refractivity contribution in [2.24, 2.45) is 0 Å². The van der Waals surface area contributed by atoms with Crippen molar-refractivity contribution >= 4 is 5.69 Å². The molecule has 0 spiro atoms. The maximum absolute atomic E-state index is 11.4. The maximum Gasteiger partial charge on any atom is 0.269 e. The Morgan fingerprint density at radius 2 is 0.929 bits per heavy atom. The lowest BCUT2D eigenvalue weighted by Gasteiger charge is -2.46. The van der Waals surface area contributed by atoms with Crippen LogP contribution in [0.3, 0.4) is 0 Å². The number of rotatable bonds is 17. The third kappa shape index (κ3) is 9.12.